The van der Waals surface area contributed by atoms with Crippen molar-refractivity contribution in [1.82, 2.24) is 9.62 Å². The summed E-state index contributed by atoms with van der Waals surface area (Å²) in [6.07, 6.45) is 4.71. The number of carbonyl (C=O) groups excluding carboxylic acids is 2. The lowest BCUT2D eigenvalue weighted by Gasteiger charge is -2.37. The van der Waals surface area contributed by atoms with E-state index in [9.17, 15) is 18.0 Å². The number of primary amides is 1. The van der Waals surface area contributed by atoms with Gasteiger partial charge in [0.05, 0.1) is 17.4 Å². The average Bonchev–Trinajstić information content (AvgIpc) is 3.00. The van der Waals surface area contributed by atoms with Crippen LogP contribution in [0.4, 0.5) is 0 Å². The molecule has 0 radical (unpaired) electrons. The fraction of sp³-hybridized carbons (Fsp3) is 0.556. The highest BCUT2D eigenvalue weighted by Crippen LogP contribution is 2.48. The summed E-state index contributed by atoms with van der Waals surface area (Å²) in [4.78, 5) is 23.9. The predicted octanol–water partition coefficient (Wildman–Crippen LogP) is 0.859. The summed E-state index contributed by atoms with van der Waals surface area (Å²) < 4.78 is 27.5. The van der Waals surface area contributed by atoms with Crippen LogP contribution in [0.3, 0.4) is 0 Å². The van der Waals surface area contributed by atoms with Crippen LogP contribution in [0.15, 0.2) is 35.2 Å². The number of nitrogens with zero attached hydrogens (tertiary/aromatic N) is 1. The zero-order valence-electron chi connectivity index (χ0n) is 14.7. The van der Waals surface area contributed by atoms with E-state index in [1.165, 1.54) is 4.31 Å². The second-order valence-corrected chi connectivity index (χ2v) is 9.21. The molecule has 1 aromatic rings. The van der Waals surface area contributed by atoms with Crippen LogP contribution in [-0.2, 0) is 19.6 Å². The summed E-state index contributed by atoms with van der Waals surface area (Å²) in [7, 11) is -3.65. The Hall–Kier alpha value is -1.93. The molecule has 0 aromatic heterocycles. The van der Waals surface area contributed by atoms with Gasteiger partial charge < -0.3 is 11.1 Å². The molecule has 1 aliphatic carbocycles. The number of hydrogen-bond acceptors (Lipinski definition) is 4. The maximum absolute atomic E-state index is 13.0. The molecule has 26 heavy (non-hydrogen) atoms. The largest absolute Gasteiger partial charge is 0.368 e. The lowest BCUT2D eigenvalue weighted by molar-refractivity contribution is -0.130. The minimum atomic E-state index is -3.65. The van der Waals surface area contributed by atoms with Crippen molar-refractivity contribution in [2.75, 3.05) is 19.6 Å². The van der Waals surface area contributed by atoms with Crippen LogP contribution in [0.5, 0.6) is 0 Å². The van der Waals surface area contributed by atoms with E-state index in [0.717, 1.165) is 32.1 Å². The summed E-state index contributed by atoms with van der Waals surface area (Å²) in [6.45, 7) is 0.261. The first kappa shape index (κ1) is 18.8. The molecule has 1 atom stereocenters. The van der Waals surface area contributed by atoms with Crippen molar-refractivity contribution in [2.24, 2.45) is 17.1 Å². The zero-order chi connectivity index (χ0) is 18.8. The number of amides is 2. The van der Waals surface area contributed by atoms with Gasteiger partial charge in [0.1, 0.15) is 0 Å². The second-order valence-electron chi connectivity index (χ2n) is 7.27. The highest BCUT2D eigenvalue weighted by atomic mass is 32.2. The molecule has 3 N–H and O–H groups in total. The Balaban J connectivity index is 1.87. The molecule has 1 unspecified atom stereocenters. The Labute approximate surface area is 154 Å². The molecule has 0 bridgehead atoms. The van der Waals surface area contributed by atoms with E-state index in [1.54, 1.807) is 30.3 Å². The van der Waals surface area contributed by atoms with Crippen LogP contribution >= 0.6 is 0 Å². The number of benzene rings is 1. The average molecular weight is 379 g/mol. The maximum atomic E-state index is 13.0. The third kappa shape index (κ3) is 3.61. The molecular weight excluding hydrogens is 354 g/mol. The molecule has 7 nitrogen and oxygen atoms in total. The molecule has 1 heterocycles. The van der Waals surface area contributed by atoms with Gasteiger partial charge in [-0.2, -0.15) is 4.31 Å². The molecule has 8 heteroatoms. The molecule has 2 aliphatic rings. The molecule has 1 saturated heterocycles. The molecule has 3 rings (SSSR count). The molecule has 1 aromatic carbocycles. The third-order valence-corrected chi connectivity index (χ3v) is 7.43. The number of nitrogens with one attached hydrogen (secondary N) is 1. The van der Waals surface area contributed by atoms with Crippen molar-refractivity contribution >= 4 is 21.8 Å². The zero-order valence-corrected chi connectivity index (χ0v) is 15.5. The van der Waals surface area contributed by atoms with Crippen LogP contribution in [-0.4, -0.2) is 44.2 Å². The van der Waals surface area contributed by atoms with Crippen LogP contribution in [0, 0.1) is 11.3 Å². The predicted molar refractivity (Wildman–Crippen MR) is 96.4 cm³/mol. The maximum Gasteiger partial charge on any atom is 0.243 e. The van der Waals surface area contributed by atoms with E-state index < -0.39 is 21.8 Å². The summed E-state index contributed by atoms with van der Waals surface area (Å²) in [5, 5.41) is 2.57. The smallest absolute Gasteiger partial charge is 0.243 e. The van der Waals surface area contributed by atoms with Gasteiger partial charge in [-0.25, -0.2) is 8.42 Å². The molecule has 142 valence electrons. The van der Waals surface area contributed by atoms with Gasteiger partial charge in [0.2, 0.25) is 21.8 Å². The Morgan fingerprint density at radius 3 is 2.42 bits per heavy atom. The Bertz CT molecular complexity index is 773. The van der Waals surface area contributed by atoms with Crippen LogP contribution in [0.1, 0.15) is 32.1 Å². The normalized spacial score (nSPS) is 23.0. The summed E-state index contributed by atoms with van der Waals surface area (Å²) in [6, 6.07) is 8.30. The van der Waals surface area contributed by atoms with Crippen LogP contribution < -0.4 is 11.1 Å². The number of rotatable bonds is 5. The monoisotopic (exact) mass is 379 g/mol. The first-order valence-corrected chi connectivity index (χ1v) is 10.4. The number of nitrogens with two attached hydrogens (primary N) is 1. The first-order chi connectivity index (χ1) is 12.3. The summed E-state index contributed by atoms with van der Waals surface area (Å²) >= 11 is 0. The van der Waals surface area contributed by atoms with Crippen molar-refractivity contribution in [3.8, 4) is 0 Å². The van der Waals surface area contributed by atoms with Gasteiger partial charge >= 0.3 is 0 Å². The van der Waals surface area contributed by atoms with E-state index in [-0.39, 0.29) is 29.3 Å². The second kappa shape index (κ2) is 7.36. The fourth-order valence-corrected chi connectivity index (χ4v) is 5.84. The number of carbonyl (C=O) groups is 2. The van der Waals surface area contributed by atoms with E-state index in [4.69, 9.17) is 5.73 Å². The van der Waals surface area contributed by atoms with Crippen LogP contribution in [0.25, 0.3) is 0 Å². The van der Waals surface area contributed by atoms with Gasteiger partial charge in [0.15, 0.2) is 0 Å². The molecule has 1 aliphatic heterocycles. The topological polar surface area (TPSA) is 110 Å². The van der Waals surface area contributed by atoms with Gasteiger partial charge in [0.25, 0.3) is 0 Å². The minimum Gasteiger partial charge on any atom is -0.368 e. The van der Waals surface area contributed by atoms with E-state index in [2.05, 4.69) is 5.32 Å². The minimum absolute atomic E-state index is 0.141. The Morgan fingerprint density at radius 1 is 1.15 bits per heavy atom. The number of hydrogen-bond donors (Lipinski definition) is 2. The van der Waals surface area contributed by atoms with Crippen molar-refractivity contribution in [3.63, 3.8) is 0 Å². The highest BCUT2D eigenvalue weighted by molar-refractivity contribution is 7.89. The third-order valence-electron chi connectivity index (χ3n) is 5.60. The van der Waals surface area contributed by atoms with Crippen molar-refractivity contribution < 1.29 is 18.0 Å². The van der Waals surface area contributed by atoms with Gasteiger partial charge in [0, 0.05) is 13.1 Å². The quantitative estimate of drug-likeness (QED) is 0.790. The summed E-state index contributed by atoms with van der Waals surface area (Å²) in [5.74, 6) is -1.35. The van der Waals surface area contributed by atoms with Crippen LogP contribution in [0.2, 0.25) is 0 Å². The van der Waals surface area contributed by atoms with E-state index >= 15 is 0 Å². The fourth-order valence-electron chi connectivity index (χ4n) is 4.27. The Kier molecular flexibility index (Phi) is 5.34. The van der Waals surface area contributed by atoms with E-state index in [1.807, 2.05) is 0 Å². The molecule has 1 saturated carbocycles. The summed E-state index contributed by atoms with van der Waals surface area (Å²) in [5.41, 5.74) is 4.76. The molecular formula is C18H25N3O4S. The number of sulfonamides is 1. The van der Waals surface area contributed by atoms with E-state index in [0.29, 0.717) is 6.54 Å². The molecule has 2 amide bonds. The standard InChI is InChI=1S/C18H25N3O4S/c19-16(22)11-20-17(23)15-12-21(13-18(15)9-5-2-6-10-18)26(24,25)14-7-3-1-4-8-14/h1,3-4,7-8,15H,2,5-6,9-13H2,(H2,19,22)(H,20,23). The van der Waals surface area contributed by atoms with Crippen molar-refractivity contribution in [3.05, 3.63) is 30.3 Å². The lowest BCUT2D eigenvalue weighted by Crippen LogP contribution is -2.44. The molecule has 1 spiro atoms. The SMILES string of the molecule is NC(=O)CNC(=O)C1CN(S(=O)(=O)c2ccccc2)CC12CCCCC2. The van der Waals surface area contributed by atoms with Crippen molar-refractivity contribution in [1.29, 1.82) is 0 Å². The lowest BCUT2D eigenvalue weighted by atomic mass is 9.67. The van der Waals surface area contributed by atoms with Gasteiger partial charge in [-0.1, -0.05) is 37.5 Å². The van der Waals surface area contributed by atoms with Gasteiger partial charge in [-0.05, 0) is 30.4 Å². The van der Waals surface area contributed by atoms with Gasteiger partial charge in [-0.3, -0.25) is 9.59 Å². The Morgan fingerprint density at radius 2 is 1.81 bits per heavy atom. The van der Waals surface area contributed by atoms with Crippen molar-refractivity contribution in [2.45, 2.75) is 37.0 Å². The first-order valence-electron chi connectivity index (χ1n) is 8.96. The van der Waals surface area contributed by atoms with Gasteiger partial charge in [-0.15, -0.1) is 0 Å². The molecule has 2 fully saturated rings. The highest BCUT2D eigenvalue weighted by Gasteiger charge is 2.53.